The van der Waals surface area contributed by atoms with Gasteiger partial charge in [0.25, 0.3) is 0 Å². The summed E-state index contributed by atoms with van der Waals surface area (Å²) in [7, 11) is 0. The molecule has 0 bridgehead atoms. The first-order valence-corrected chi connectivity index (χ1v) is 4.40. The smallest absolute Gasteiger partial charge is 0.310 e. The molecule has 0 aromatic rings. The number of hydrogen-bond donors (Lipinski definition) is 1. The number of ketones is 1. The van der Waals surface area contributed by atoms with Gasteiger partial charge in [0.2, 0.25) is 0 Å². The predicted molar refractivity (Wildman–Crippen MR) is 41.7 cm³/mol. The average Bonchev–Trinajstić information content (AvgIpc) is 2.42. The molecule has 0 saturated heterocycles. The van der Waals surface area contributed by atoms with Crippen LogP contribution >= 0.6 is 0 Å². The highest BCUT2D eigenvalue weighted by Crippen LogP contribution is 2.52. The van der Waals surface area contributed by atoms with Crippen LogP contribution in [-0.2, 0) is 9.59 Å². The summed E-state index contributed by atoms with van der Waals surface area (Å²) in [5, 5.41) is 9.04. The maximum Gasteiger partial charge on any atom is 0.310 e. The lowest BCUT2D eigenvalue weighted by molar-refractivity contribution is -0.150. The third kappa shape index (κ3) is 0.822. The van der Waals surface area contributed by atoms with E-state index in [1.54, 1.807) is 0 Å². The number of carboxylic acids is 1. The highest BCUT2D eigenvalue weighted by molar-refractivity contribution is 5.91. The molecule has 3 nitrogen and oxygen atoms in total. The van der Waals surface area contributed by atoms with Gasteiger partial charge < -0.3 is 5.11 Å². The quantitative estimate of drug-likeness (QED) is 0.640. The lowest BCUT2D eigenvalue weighted by Gasteiger charge is -2.21. The second kappa shape index (κ2) is 2.31. The molecule has 2 saturated carbocycles. The van der Waals surface area contributed by atoms with Crippen molar-refractivity contribution < 1.29 is 14.7 Å². The molecular formula is C9H12O3. The van der Waals surface area contributed by atoms with E-state index in [2.05, 4.69) is 0 Å². The minimum atomic E-state index is -0.754. The standard InChI is InChI=1S/C9H12O3/c10-7-4-6-2-1-3-9(6,5-7)8(11)12/h6H,1-5H2,(H,11,12)/t6-,9+/m1/s1. The third-order valence-electron chi connectivity index (χ3n) is 3.37. The van der Waals surface area contributed by atoms with E-state index in [4.69, 9.17) is 5.11 Å². The van der Waals surface area contributed by atoms with Gasteiger partial charge in [-0.15, -0.1) is 0 Å². The van der Waals surface area contributed by atoms with Gasteiger partial charge in [-0.1, -0.05) is 6.42 Å². The van der Waals surface area contributed by atoms with E-state index in [9.17, 15) is 9.59 Å². The molecule has 2 atom stereocenters. The van der Waals surface area contributed by atoms with Gasteiger partial charge >= 0.3 is 5.97 Å². The zero-order valence-corrected chi connectivity index (χ0v) is 6.88. The molecule has 2 aliphatic rings. The van der Waals surface area contributed by atoms with E-state index in [1.165, 1.54) is 0 Å². The molecule has 1 N–H and O–H groups in total. The van der Waals surface area contributed by atoms with Gasteiger partial charge in [-0.05, 0) is 18.8 Å². The van der Waals surface area contributed by atoms with Gasteiger partial charge in [-0.25, -0.2) is 0 Å². The number of aliphatic carboxylic acids is 1. The zero-order valence-electron chi connectivity index (χ0n) is 6.88. The summed E-state index contributed by atoms with van der Waals surface area (Å²) >= 11 is 0. The molecule has 0 aromatic heterocycles. The van der Waals surface area contributed by atoms with Crippen LogP contribution in [-0.4, -0.2) is 16.9 Å². The number of rotatable bonds is 1. The van der Waals surface area contributed by atoms with Crippen molar-refractivity contribution in [1.29, 1.82) is 0 Å². The Balaban J connectivity index is 2.32. The van der Waals surface area contributed by atoms with Gasteiger partial charge in [0, 0.05) is 12.8 Å². The van der Waals surface area contributed by atoms with Crippen molar-refractivity contribution in [2.24, 2.45) is 11.3 Å². The third-order valence-corrected chi connectivity index (χ3v) is 3.37. The Labute approximate surface area is 70.8 Å². The Morgan fingerprint density at radius 1 is 1.58 bits per heavy atom. The van der Waals surface area contributed by atoms with E-state index >= 15 is 0 Å². The summed E-state index contributed by atoms with van der Waals surface area (Å²) in [6, 6.07) is 0. The lowest BCUT2D eigenvalue weighted by Crippen LogP contribution is -2.30. The minimum Gasteiger partial charge on any atom is -0.481 e. The van der Waals surface area contributed by atoms with E-state index in [1.807, 2.05) is 0 Å². The number of carboxylic acid groups (broad SMARTS) is 1. The second-order valence-corrected chi connectivity index (χ2v) is 3.97. The van der Waals surface area contributed by atoms with E-state index < -0.39 is 11.4 Å². The molecule has 0 heterocycles. The monoisotopic (exact) mass is 168 g/mol. The summed E-state index contributed by atoms with van der Waals surface area (Å²) in [5.41, 5.74) is -0.656. The van der Waals surface area contributed by atoms with Gasteiger partial charge in [-0.2, -0.15) is 0 Å². The number of carbonyl (C=O) groups excluding carboxylic acids is 1. The van der Waals surface area contributed by atoms with E-state index in [0.29, 0.717) is 12.8 Å². The summed E-state index contributed by atoms with van der Waals surface area (Å²) in [5.74, 6) is -0.472. The van der Waals surface area contributed by atoms with Crippen LogP contribution < -0.4 is 0 Å². The molecule has 2 aliphatic carbocycles. The van der Waals surface area contributed by atoms with Crippen molar-refractivity contribution in [2.75, 3.05) is 0 Å². The highest BCUT2D eigenvalue weighted by Gasteiger charge is 2.54. The molecule has 3 heteroatoms. The van der Waals surface area contributed by atoms with E-state index in [-0.39, 0.29) is 18.1 Å². The van der Waals surface area contributed by atoms with Crippen LogP contribution in [0.5, 0.6) is 0 Å². The van der Waals surface area contributed by atoms with Crippen LogP contribution in [0.3, 0.4) is 0 Å². The van der Waals surface area contributed by atoms with Crippen molar-refractivity contribution in [2.45, 2.75) is 32.1 Å². The number of fused-ring (bicyclic) bond motifs is 1. The maximum absolute atomic E-state index is 11.1. The lowest BCUT2D eigenvalue weighted by atomic mass is 9.81. The fraction of sp³-hybridized carbons (Fsp3) is 0.778. The largest absolute Gasteiger partial charge is 0.481 e. The average molecular weight is 168 g/mol. The fourth-order valence-corrected chi connectivity index (χ4v) is 2.73. The molecule has 2 fully saturated rings. The maximum atomic E-state index is 11.1. The SMILES string of the molecule is O=C1C[C@H]2CCC[C@]2(C(=O)O)C1. The number of hydrogen-bond acceptors (Lipinski definition) is 2. The number of Topliss-reactive ketones (excluding diaryl/α,β-unsaturated/α-hetero) is 1. The number of carbonyl (C=O) groups is 2. The molecule has 0 amide bonds. The molecule has 2 rings (SSSR count). The normalized spacial score (nSPS) is 40.0. The zero-order chi connectivity index (χ0) is 8.77. The van der Waals surface area contributed by atoms with Gasteiger partial charge in [-0.3, -0.25) is 9.59 Å². The van der Waals surface area contributed by atoms with E-state index in [0.717, 1.165) is 12.8 Å². The Kier molecular flexibility index (Phi) is 1.50. The first-order valence-electron chi connectivity index (χ1n) is 4.40. The van der Waals surface area contributed by atoms with Crippen LogP contribution in [0.15, 0.2) is 0 Å². The van der Waals surface area contributed by atoms with Crippen LogP contribution in [0.4, 0.5) is 0 Å². The van der Waals surface area contributed by atoms with Crippen molar-refractivity contribution in [3.63, 3.8) is 0 Å². The molecule has 0 spiro atoms. The van der Waals surface area contributed by atoms with Crippen molar-refractivity contribution in [3.8, 4) is 0 Å². The highest BCUT2D eigenvalue weighted by atomic mass is 16.4. The molecular weight excluding hydrogens is 156 g/mol. The van der Waals surface area contributed by atoms with Gasteiger partial charge in [0.15, 0.2) is 0 Å². The van der Waals surface area contributed by atoms with Crippen molar-refractivity contribution in [3.05, 3.63) is 0 Å². The molecule has 12 heavy (non-hydrogen) atoms. The van der Waals surface area contributed by atoms with Gasteiger partial charge in [0.05, 0.1) is 5.41 Å². The van der Waals surface area contributed by atoms with Crippen LogP contribution in [0.25, 0.3) is 0 Å². The molecule has 0 unspecified atom stereocenters. The first-order chi connectivity index (χ1) is 5.65. The summed E-state index contributed by atoms with van der Waals surface area (Å²) in [6.45, 7) is 0. The predicted octanol–water partition coefficient (Wildman–Crippen LogP) is 1.22. The molecule has 0 radical (unpaired) electrons. The summed E-state index contributed by atoms with van der Waals surface area (Å²) in [6.07, 6.45) is 3.40. The van der Waals surface area contributed by atoms with Crippen LogP contribution in [0.1, 0.15) is 32.1 Å². The second-order valence-electron chi connectivity index (χ2n) is 3.97. The Hall–Kier alpha value is -0.860. The summed E-state index contributed by atoms with van der Waals surface area (Å²) in [4.78, 5) is 22.1. The Morgan fingerprint density at radius 2 is 2.33 bits per heavy atom. The fourth-order valence-electron chi connectivity index (χ4n) is 2.73. The Morgan fingerprint density at radius 3 is 2.92 bits per heavy atom. The van der Waals surface area contributed by atoms with Crippen molar-refractivity contribution in [1.82, 2.24) is 0 Å². The van der Waals surface area contributed by atoms with Crippen molar-refractivity contribution >= 4 is 11.8 Å². The van der Waals surface area contributed by atoms with Gasteiger partial charge in [0.1, 0.15) is 5.78 Å². The first kappa shape index (κ1) is 7.77. The van der Waals surface area contributed by atoms with Crippen LogP contribution in [0.2, 0.25) is 0 Å². The minimum absolute atomic E-state index is 0.141. The topological polar surface area (TPSA) is 54.4 Å². The molecule has 66 valence electrons. The van der Waals surface area contributed by atoms with Crippen LogP contribution in [0, 0.1) is 11.3 Å². The summed E-state index contributed by atoms with van der Waals surface area (Å²) < 4.78 is 0. The molecule has 0 aromatic carbocycles. The molecule has 0 aliphatic heterocycles. The Bertz CT molecular complexity index is 246.